The molecule has 0 N–H and O–H groups in total. The maximum Gasteiger partial charge on any atom is 0.126 e. The van der Waals surface area contributed by atoms with E-state index in [1.54, 1.807) is 14.2 Å². The number of fused-ring (bicyclic) bond motifs is 2. The van der Waals surface area contributed by atoms with Crippen LogP contribution < -0.4 is 9.47 Å². The average molecular weight is 399 g/mol. The molecule has 29 heavy (non-hydrogen) atoms. The molecule has 3 aliphatic rings. The van der Waals surface area contributed by atoms with Crippen molar-refractivity contribution < 1.29 is 9.47 Å². The lowest BCUT2D eigenvalue weighted by Gasteiger charge is -2.63. The Balaban J connectivity index is 1.93. The third-order valence-electron chi connectivity index (χ3n) is 8.30. The van der Waals surface area contributed by atoms with Crippen LogP contribution in [0.1, 0.15) is 96.6 Å². The molecule has 0 saturated heterocycles. The van der Waals surface area contributed by atoms with Crippen molar-refractivity contribution in [3.05, 3.63) is 30.2 Å². The Labute approximate surface area is 179 Å². The zero-order valence-corrected chi connectivity index (χ0v) is 19.8. The topological polar surface area (TPSA) is 18.5 Å². The van der Waals surface area contributed by atoms with Crippen LogP contribution in [-0.4, -0.2) is 14.2 Å². The summed E-state index contributed by atoms with van der Waals surface area (Å²) in [5, 5.41) is 0. The standard InChI is InChI=1S/C27H42O2/c1-9-10-11-12-13-26(3,4)19-15-23(28-7)25(24(16-19)29-8)20-14-18(2)21-17-22(20)27(21,5)6/h2,15-16,18,20-22H,9-14,17H2,1,3-8H3. The van der Waals surface area contributed by atoms with Crippen molar-refractivity contribution in [3.63, 3.8) is 0 Å². The van der Waals surface area contributed by atoms with E-state index in [4.69, 9.17) is 16.4 Å². The van der Waals surface area contributed by atoms with Crippen molar-refractivity contribution in [3.8, 4) is 11.5 Å². The van der Waals surface area contributed by atoms with Gasteiger partial charge in [0.1, 0.15) is 11.5 Å². The molecule has 2 nitrogen and oxygen atoms in total. The van der Waals surface area contributed by atoms with E-state index in [0.717, 1.165) is 17.9 Å². The van der Waals surface area contributed by atoms with Gasteiger partial charge in [-0.1, -0.05) is 60.3 Å². The Bertz CT molecular complexity index is 677. The number of rotatable bonds is 9. The van der Waals surface area contributed by atoms with Gasteiger partial charge in [0.15, 0.2) is 0 Å². The van der Waals surface area contributed by atoms with Crippen LogP contribution in [0.15, 0.2) is 12.1 Å². The molecule has 0 spiro atoms. The van der Waals surface area contributed by atoms with E-state index in [9.17, 15) is 0 Å². The summed E-state index contributed by atoms with van der Waals surface area (Å²) in [5.74, 6) is 3.96. The molecule has 3 saturated carbocycles. The Morgan fingerprint density at radius 1 is 1.00 bits per heavy atom. The van der Waals surface area contributed by atoms with Gasteiger partial charge in [0.2, 0.25) is 0 Å². The number of benzene rings is 1. The van der Waals surface area contributed by atoms with Gasteiger partial charge in [0.25, 0.3) is 0 Å². The summed E-state index contributed by atoms with van der Waals surface area (Å²) in [6.45, 7) is 18.4. The number of ether oxygens (including phenoxy) is 2. The van der Waals surface area contributed by atoms with Gasteiger partial charge in [-0.05, 0) is 78.4 Å². The van der Waals surface area contributed by atoms with E-state index in [1.165, 1.54) is 49.7 Å². The first kappa shape index (κ1) is 22.5. The number of unbranched alkanes of at least 4 members (excludes halogenated alkanes) is 3. The fourth-order valence-electron chi connectivity index (χ4n) is 6.18. The van der Waals surface area contributed by atoms with E-state index < -0.39 is 0 Å². The zero-order chi connectivity index (χ0) is 21.4. The van der Waals surface area contributed by atoms with Crippen LogP contribution in [0.3, 0.4) is 0 Å². The minimum atomic E-state index is 0.108. The molecule has 162 valence electrons. The van der Waals surface area contributed by atoms with Gasteiger partial charge in [-0.25, -0.2) is 0 Å². The second-order valence-corrected chi connectivity index (χ2v) is 10.8. The van der Waals surface area contributed by atoms with Crippen LogP contribution in [-0.2, 0) is 5.41 Å². The first-order chi connectivity index (χ1) is 13.7. The summed E-state index contributed by atoms with van der Waals surface area (Å²) in [4.78, 5) is 0. The summed E-state index contributed by atoms with van der Waals surface area (Å²) in [5.41, 5.74) is 2.97. The Morgan fingerprint density at radius 2 is 1.62 bits per heavy atom. The van der Waals surface area contributed by atoms with Crippen molar-refractivity contribution in [2.45, 2.75) is 90.9 Å². The van der Waals surface area contributed by atoms with E-state index in [0.29, 0.717) is 23.2 Å². The molecular weight excluding hydrogens is 356 g/mol. The van der Waals surface area contributed by atoms with Gasteiger partial charge in [0, 0.05) is 5.56 Å². The largest absolute Gasteiger partial charge is 0.496 e. The second-order valence-electron chi connectivity index (χ2n) is 10.8. The monoisotopic (exact) mass is 398 g/mol. The number of hydrogen-bond acceptors (Lipinski definition) is 2. The normalized spacial score (nSPS) is 28.0. The van der Waals surface area contributed by atoms with Crippen molar-refractivity contribution >= 4 is 0 Å². The lowest BCUT2D eigenvalue weighted by Crippen LogP contribution is -2.55. The SMILES string of the molecule is [CH]C1CC(c2c(OC)cc(C(C)(C)CCCCCC)cc2OC)C2CC1C2(C)C. The van der Waals surface area contributed by atoms with Gasteiger partial charge < -0.3 is 9.47 Å². The van der Waals surface area contributed by atoms with Crippen LogP contribution in [0, 0.1) is 30.1 Å². The molecule has 4 unspecified atom stereocenters. The van der Waals surface area contributed by atoms with Gasteiger partial charge in [0.05, 0.1) is 14.2 Å². The molecule has 2 heteroatoms. The smallest absolute Gasteiger partial charge is 0.126 e. The fourth-order valence-corrected chi connectivity index (χ4v) is 6.18. The predicted octanol–water partition coefficient (Wildman–Crippen LogP) is 7.43. The molecular formula is C27H42O2. The highest BCUT2D eigenvalue weighted by Gasteiger charge is 2.58. The summed E-state index contributed by atoms with van der Waals surface area (Å²) < 4.78 is 11.9. The molecule has 4 atom stereocenters. The highest BCUT2D eigenvalue weighted by Crippen LogP contribution is 2.67. The van der Waals surface area contributed by atoms with Crippen LogP contribution in [0.5, 0.6) is 11.5 Å². The molecule has 0 aromatic heterocycles. The molecule has 4 rings (SSSR count). The molecule has 0 amide bonds. The van der Waals surface area contributed by atoms with Gasteiger partial charge >= 0.3 is 0 Å². The Kier molecular flexibility index (Phi) is 6.61. The van der Waals surface area contributed by atoms with Crippen molar-refractivity contribution in [2.24, 2.45) is 23.2 Å². The summed E-state index contributed by atoms with van der Waals surface area (Å²) in [6.07, 6.45) is 8.62. The van der Waals surface area contributed by atoms with Gasteiger partial charge in [-0.3, -0.25) is 0 Å². The van der Waals surface area contributed by atoms with Crippen molar-refractivity contribution in [1.29, 1.82) is 0 Å². The third-order valence-corrected chi connectivity index (χ3v) is 8.30. The first-order valence-corrected chi connectivity index (χ1v) is 11.7. The molecule has 3 fully saturated rings. The summed E-state index contributed by atoms with van der Waals surface area (Å²) in [6, 6.07) is 4.56. The molecule has 0 aliphatic heterocycles. The van der Waals surface area contributed by atoms with Crippen molar-refractivity contribution in [2.75, 3.05) is 14.2 Å². The molecule has 1 aromatic carbocycles. The lowest BCUT2D eigenvalue weighted by atomic mass is 9.42. The maximum atomic E-state index is 6.60. The van der Waals surface area contributed by atoms with E-state index in [1.807, 2.05) is 0 Å². The highest BCUT2D eigenvalue weighted by molar-refractivity contribution is 5.53. The molecule has 0 heterocycles. The average Bonchev–Trinajstić information content (AvgIpc) is 2.69. The van der Waals surface area contributed by atoms with Crippen LogP contribution in [0.4, 0.5) is 0 Å². The molecule has 1 aromatic rings. The second kappa shape index (κ2) is 8.52. The Morgan fingerprint density at radius 3 is 2.10 bits per heavy atom. The summed E-state index contributed by atoms with van der Waals surface area (Å²) in [7, 11) is 3.60. The lowest BCUT2D eigenvalue weighted by molar-refractivity contribution is -0.107. The third kappa shape index (κ3) is 4.06. The maximum absolute atomic E-state index is 6.60. The fraction of sp³-hybridized carbons (Fsp3) is 0.741. The van der Waals surface area contributed by atoms with Gasteiger partial charge in [-0.2, -0.15) is 0 Å². The van der Waals surface area contributed by atoms with Crippen molar-refractivity contribution in [1.82, 2.24) is 0 Å². The van der Waals surface area contributed by atoms with Crippen LogP contribution in [0.25, 0.3) is 0 Å². The first-order valence-electron chi connectivity index (χ1n) is 11.7. The molecule has 3 aliphatic carbocycles. The highest BCUT2D eigenvalue weighted by atomic mass is 16.5. The predicted molar refractivity (Wildman–Crippen MR) is 122 cm³/mol. The van der Waals surface area contributed by atoms with Crippen LogP contribution >= 0.6 is 0 Å². The molecule has 2 radical (unpaired) electrons. The van der Waals surface area contributed by atoms with Gasteiger partial charge in [-0.15, -0.1) is 0 Å². The number of hydrogen-bond donors (Lipinski definition) is 0. The van der Waals surface area contributed by atoms with E-state index >= 15 is 0 Å². The Hall–Kier alpha value is -1.18. The van der Waals surface area contributed by atoms with E-state index in [2.05, 4.69) is 46.8 Å². The minimum Gasteiger partial charge on any atom is -0.496 e. The number of methoxy groups -OCH3 is 2. The zero-order valence-electron chi connectivity index (χ0n) is 19.8. The summed E-state index contributed by atoms with van der Waals surface area (Å²) >= 11 is 0. The molecule has 2 bridgehead atoms. The van der Waals surface area contributed by atoms with E-state index in [-0.39, 0.29) is 11.3 Å². The minimum absolute atomic E-state index is 0.108. The quantitative estimate of drug-likeness (QED) is 0.403. The van der Waals surface area contributed by atoms with Crippen LogP contribution in [0.2, 0.25) is 0 Å².